The Bertz CT molecular complexity index is 283. The molecule has 1 rings (SSSR count). The molecule has 0 N–H and O–H groups in total. The van der Waals surface area contributed by atoms with Gasteiger partial charge in [0.2, 0.25) is 0 Å². The Kier molecular flexibility index (Phi) is 6.48. The van der Waals surface area contributed by atoms with E-state index in [4.69, 9.17) is 4.74 Å². The lowest BCUT2D eigenvalue weighted by molar-refractivity contribution is -0.127. The third kappa shape index (κ3) is 5.62. The summed E-state index contributed by atoms with van der Waals surface area (Å²) < 4.78 is 5.37. The fraction of sp³-hybridized carbons (Fsp3) is 0.938. The molecule has 2 unspecified atom stereocenters. The average Bonchev–Trinajstić information content (AvgIpc) is 2.31. The quantitative estimate of drug-likeness (QED) is 0.694. The van der Waals surface area contributed by atoms with E-state index in [2.05, 4.69) is 32.7 Å². The van der Waals surface area contributed by atoms with E-state index in [9.17, 15) is 4.79 Å². The Morgan fingerprint density at radius 1 is 1.37 bits per heavy atom. The van der Waals surface area contributed by atoms with Crippen molar-refractivity contribution in [3.63, 3.8) is 0 Å². The Morgan fingerprint density at radius 2 is 2.05 bits per heavy atom. The molecule has 0 aromatic heterocycles. The number of likely N-dealkylation sites (N-methyl/N-ethyl adjacent to an activating group) is 1. The molecule has 1 saturated carbocycles. The van der Waals surface area contributed by atoms with E-state index in [0.717, 1.165) is 45.6 Å². The molecule has 1 aliphatic rings. The van der Waals surface area contributed by atoms with Gasteiger partial charge in [-0.05, 0) is 38.1 Å². The number of nitrogens with zero attached hydrogens (tertiary/aromatic N) is 1. The molecule has 0 amide bonds. The van der Waals surface area contributed by atoms with E-state index in [1.165, 1.54) is 0 Å². The van der Waals surface area contributed by atoms with Crippen LogP contribution in [0.4, 0.5) is 0 Å². The van der Waals surface area contributed by atoms with Crippen molar-refractivity contribution in [2.75, 3.05) is 33.4 Å². The van der Waals surface area contributed by atoms with Gasteiger partial charge in [0.1, 0.15) is 5.78 Å². The Balaban J connectivity index is 2.44. The van der Waals surface area contributed by atoms with Crippen molar-refractivity contribution in [2.24, 2.45) is 17.3 Å². The zero-order valence-corrected chi connectivity index (χ0v) is 13.4. The minimum atomic E-state index is 0.226. The van der Waals surface area contributed by atoms with E-state index < -0.39 is 0 Å². The predicted molar refractivity (Wildman–Crippen MR) is 79.3 cm³/mol. The van der Waals surface area contributed by atoms with E-state index >= 15 is 0 Å². The molecule has 0 aliphatic heterocycles. The van der Waals surface area contributed by atoms with Gasteiger partial charge in [0.25, 0.3) is 0 Å². The second-order valence-corrected chi connectivity index (χ2v) is 6.96. The molecule has 0 bridgehead atoms. The van der Waals surface area contributed by atoms with Gasteiger partial charge in [-0.1, -0.05) is 20.8 Å². The highest BCUT2D eigenvalue weighted by atomic mass is 16.5. The molecule has 0 spiro atoms. The molecule has 0 heterocycles. The van der Waals surface area contributed by atoms with Gasteiger partial charge in [0, 0.05) is 32.0 Å². The van der Waals surface area contributed by atoms with Crippen molar-refractivity contribution < 1.29 is 9.53 Å². The molecule has 0 saturated heterocycles. The fourth-order valence-corrected chi connectivity index (χ4v) is 2.91. The number of carbonyl (C=O) groups is 1. The second kappa shape index (κ2) is 7.39. The zero-order valence-electron chi connectivity index (χ0n) is 13.4. The number of rotatable bonds is 6. The van der Waals surface area contributed by atoms with Crippen LogP contribution in [-0.2, 0) is 9.53 Å². The fourth-order valence-electron chi connectivity index (χ4n) is 2.91. The lowest BCUT2D eigenvalue weighted by atomic mass is 9.68. The van der Waals surface area contributed by atoms with Gasteiger partial charge in [-0.15, -0.1) is 0 Å². The smallest absolute Gasteiger partial charge is 0.137 e. The predicted octanol–water partition coefficient (Wildman–Crippen LogP) is 2.99. The Labute approximate surface area is 118 Å². The molecule has 112 valence electrons. The maximum absolute atomic E-state index is 12.1. The number of hydrogen-bond acceptors (Lipinski definition) is 3. The molecular formula is C16H31NO2. The van der Waals surface area contributed by atoms with Crippen molar-refractivity contribution >= 4 is 5.78 Å². The number of ketones is 1. The summed E-state index contributed by atoms with van der Waals surface area (Å²) in [6.45, 7) is 12.2. The summed E-state index contributed by atoms with van der Waals surface area (Å²) in [5, 5.41) is 0. The molecule has 2 atom stereocenters. The summed E-state index contributed by atoms with van der Waals surface area (Å²) >= 11 is 0. The molecule has 0 aromatic rings. The average molecular weight is 269 g/mol. The van der Waals surface area contributed by atoms with Crippen LogP contribution in [0.1, 0.15) is 47.0 Å². The number of ether oxygens (including phenoxy) is 1. The minimum Gasteiger partial charge on any atom is -0.380 e. The number of Topliss-reactive ketones (excluding diaryl/α,β-unsaturated/α-hetero) is 1. The van der Waals surface area contributed by atoms with Crippen molar-refractivity contribution in [3.8, 4) is 0 Å². The largest absolute Gasteiger partial charge is 0.380 e. The standard InChI is InChI=1S/C16H31NO2/c1-6-19-10-9-17(5)12-13-11-14(16(2,3)4)7-8-15(13)18/h13-14H,6-12H2,1-5H3. The summed E-state index contributed by atoms with van der Waals surface area (Å²) in [7, 11) is 2.09. The van der Waals surface area contributed by atoms with Gasteiger partial charge < -0.3 is 9.64 Å². The van der Waals surface area contributed by atoms with Crippen LogP contribution < -0.4 is 0 Å². The van der Waals surface area contributed by atoms with Crippen LogP contribution in [0.3, 0.4) is 0 Å². The summed E-state index contributed by atoms with van der Waals surface area (Å²) in [5.41, 5.74) is 0.322. The molecule has 0 aromatic carbocycles. The third-order valence-corrected chi connectivity index (χ3v) is 4.34. The maximum atomic E-state index is 12.1. The lowest BCUT2D eigenvalue weighted by Crippen LogP contribution is -2.38. The highest BCUT2D eigenvalue weighted by molar-refractivity contribution is 5.82. The first kappa shape index (κ1) is 16.6. The van der Waals surface area contributed by atoms with Crippen LogP contribution in [0, 0.1) is 17.3 Å². The van der Waals surface area contributed by atoms with Gasteiger partial charge >= 0.3 is 0 Å². The molecule has 0 radical (unpaired) electrons. The van der Waals surface area contributed by atoms with Gasteiger partial charge in [0.15, 0.2) is 0 Å². The molecule has 1 aliphatic carbocycles. The van der Waals surface area contributed by atoms with Crippen LogP contribution in [0.25, 0.3) is 0 Å². The molecular weight excluding hydrogens is 238 g/mol. The molecule has 1 fully saturated rings. The Morgan fingerprint density at radius 3 is 2.63 bits per heavy atom. The monoisotopic (exact) mass is 269 g/mol. The van der Waals surface area contributed by atoms with Gasteiger partial charge in [-0.3, -0.25) is 4.79 Å². The SMILES string of the molecule is CCOCCN(C)CC1CC(C(C)(C)C)CCC1=O. The third-order valence-electron chi connectivity index (χ3n) is 4.34. The molecule has 19 heavy (non-hydrogen) atoms. The summed E-state index contributed by atoms with van der Waals surface area (Å²) in [6, 6.07) is 0. The normalized spacial score (nSPS) is 25.1. The highest BCUT2D eigenvalue weighted by Gasteiger charge is 2.35. The summed E-state index contributed by atoms with van der Waals surface area (Å²) in [5.74, 6) is 1.36. The second-order valence-electron chi connectivity index (χ2n) is 6.96. The maximum Gasteiger partial charge on any atom is 0.137 e. The van der Waals surface area contributed by atoms with Crippen molar-refractivity contribution in [1.29, 1.82) is 0 Å². The first-order valence-electron chi connectivity index (χ1n) is 7.63. The van der Waals surface area contributed by atoms with Crippen molar-refractivity contribution in [1.82, 2.24) is 4.90 Å². The summed E-state index contributed by atoms with van der Waals surface area (Å²) in [4.78, 5) is 14.3. The van der Waals surface area contributed by atoms with Crippen LogP contribution in [-0.4, -0.2) is 44.0 Å². The van der Waals surface area contributed by atoms with Crippen LogP contribution >= 0.6 is 0 Å². The number of hydrogen-bond donors (Lipinski definition) is 0. The zero-order chi connectivity index (χ0) is 14.5. The van der Waals surface area contributed by atoms with Crippen LogP contribution in [0.15, 0.2) is 0 Å². The Hall–Kier alpha value is -0.410. The van der Waals surface area contributed by atoms with E-state index in [0.29, 0.717) is 17.1 Å². The van der Waals surface area contributed by atoms with Crippen LogP contribution in [0.5, 0.6) is 0 Å². The van der Waals surface area contributed by atoms with Crippen molar-refractivity contribution in [2.45, 2.75) is 47.0 Å². The van der Waals surface area contributed by atoms with E-state index in [-0.39, 0.29) is 5.92 Å². The number of carbonyl (C=O) groups excluding carboxylic acids is 1. The summed E-state index contributed by atoms with van der Waals surface area (Å²) in [6.07, 6.45) is 2.90. The van der Waals surface area contributed by atoms with Crippen LogP contribution in [0.2, 0.25) is 0 Å². The van der Waals surface area contributed by atoms with Gasteiger partial charge in [-0.25, -0.2) is 0 Å². The minimum absolute atomic E-state index is 0.226. The van der Waals surface area contributed by atoms with Crippen molar-refractivity contribution in [3.05, 3.63) is 0 Å². The topological polar surface area (TPSA) is 29.5 Å². The first-order chi connectivity index (χ1) is 8.84. The lowest BCUT2D eigenvalue weighted by Gasteiger charge is -2.38. The van der Waals surface area contributed by atoms with E-state index in [1.54, 1.807) is 0 Å². The molecule has 3 nitrogen and oxygen atoms in total. The van der Waals surface area contributed by atoms with E-state index in [1.807, 2.05) is 6.92 Å². The highest BCUT2D eigenvalue weighted by Crippen LogP contribution is 2.39. The molecule has 3 heteroatoms. The van der Waals surface area contributed by atoms with Gasteiger partial charge in [-0.2, -0.15) is 0 Å². The van der Waals surface area contributed by atoms with Gasteiger partial charge in [0.05, 0.1) is 6.61 Å². The first-order valence-corrected chi connectivity index (χ1v) is 7.63.